The largest absolute Gasteiger partial charge is 0.398 e. The summed E-state index contributed by atoms with van der Waals surface area (Å²) in [4.78, 5) is 23.0. The van der Waals surface area contributed by atoms with Gasteiger partial charge in [-0.15, -0.1) is 0 Å². The standard InChI is InChI=1S/C28H29FN4O2/c1-28(2,35)23-9-8-18(21(13-31-3)26(23)30)17-11-20(16-6-7-16)22(24(29)12-17)14-33-15-25-19(27(33)34)5-4-10-32-25/h4-5,8-13,16,35H,6-7,14-15,30H2,1-3H3. The quantitative estimate of drug-likeness (QED) is 0.399. The number of aromatic nitrogens is 1. The van der Waals surface area contributed by atoms with E-state index in [2.05, 4.69) is 9.98 Å². The number of amides is 1. The maximum atomic E-state index is 15.7. The molecule has 0 atom stereocenters. The molecule has 0 unspecified atom stereocenters. The number of benzene rings is 2. The lowest BCUT2D eigenvalue weighted by atomic mass is 9.88. The monoisotopic (exact) mass is 472 g/mol. The smallest absolute Gasteiger partial charge is 0.256 e. The number of pyridine rings is 1. The first-order valence-corrected chi connectivity index (χ1v) is 11.8. The Kier molecular flexibility index (Phi) is 5.68. The summed E-state index contributed by atoms with van der Waals surface area (Å²) in [5.74, 6) is -0.186. The summed E-state index contributed by atoms with van der Waals surface area (Å²) in [6.45, 7) is 3.94. The van der Waals surface area contributed by atoms with Gasteiger partial charge in [-0.2, -0.15) is 0 Å². The van der Waals surface area contributed by atoms with Crippen LogP contribution in [0, 0.1) is 5.82 Å². The number of fused-ring (bicyclic) bond motifs is 1. The van der Waals surface area contributed by atoms with Crippen LogP contribution in [0.1, 0.15) is 70.9 Å². The van der Waals surface area contributed by atoms with Gasteiger partial charge in [0.15, 0.2) is 0 Å². The average molecular weight is 473 g/mol. The van der Waals surface area contributed by atoms with Crippen LogP contribution >= 0.6 is 0 Å². The Morgan fingerprint density at radius 2 is 2.03 bits per heavy atom. The van der Waals surface area contributed by atoms with E-state index in [1.165, 1.54) is 6.07 Å². The van der Waals surface area contributed by atoms with E-state index in [1.807, 2.05) is 12.1 Å². The summed E-state index contributed by atoms with van der Waals surface area (Å²) in [5.41, 5.74) is 11.2. The Balaban J connectivity index is 1.56. The van der Waals surface area contributed by atoms with E-state index in [9.17, 15) is 9.90 Å². The van der Waals surface area contributed by atoms with Crippen LogP contribution in [0.2, 0.25) is 0 Å². The van der Waals surface area contributed by atoms with Gasteiger partial charge >= 0.3 is 0 Å². The molecule has 2 aliphatic rings. The Morgan fingerprint density at radius 3 is 2.69 bits per heavy atom. The van der Waals surface area contributed by atoms with Gasteiger partial charge in [0.1, 0.15) is 5.82 Å². The molecule has 0 radical (unpaired) electrons. The molecule has 180 valence electrons. The predicted molar refractivity (Wildman–Crippen MR) is 135 cm³/mol. The van der Waals surface area contributed by atoms with Crippen LogP contribution < -0.4 is 5.73 Å². The number of aliphatic imine (C=N–C) groups is 1. The number of anilines is 1. The van der Waals surface area contributed by atoms with Crippen LogP contribution in [0.5, 0.6) is 0 Å². The molecule has 1 amide bonds. The third-order valence-electron chi connectivity index (χ3n) is 6.86. The maximum absolute atomic E-state index is 15.7. The van der Waals surface area contributed by atoms with Gasteiger partial charge < -0.3 is 15.7 Å². The number of carbonyl (C=O) groups excluding carboxylic acids is 1. The van der Waals surface area contributed by atoms with Crippen molar-refractivity contribution in [1.82, 2.24) is 9.88 Å². The lowest BCUT2D eigenvalue weighted by molar-refractivity contribution is 0.0763. The molecule has 1 aliphatic heterocycles. The lowest BCUT2D eigenvalue weighted by Crippen LogP contribution is -2.24. The number of carbonyl (C=O) groups is 1. The van der Waals surface area contributed by atoms with Crippen molar-refractivity contribution in [2.75, 3.05) is 12.8 Å². The highest BCUT2D eigenvalue weighted by Crippen LogP contribution is 2.45. The van der Waals surface area contributed by atoms with Gasteiger partial charge in [0.25, 0.3) is 5.91 Å². The summed E-state index contributed by atoms with van der Waals surface area (Å²) in [5, 5.41) is 10.5. The first-order chi connectivity index (χ1) is 16.7. The van der Waals surface area contributed by atoms with E-state index < -0.39 is 5.60 Å². The number of nitrogens with two attached hydrogens (primary N) is 1. The molecule has 2 heterocycles. The molecule has 6 nitrogen and oxygen atoms in total. The van der Waals surface area contributed by atoms with Gasteiger partial charge in [-0.05, 0) is 67.5 Å². The van der Waals surface area contributed by atoms with Crippen molar-refractivity contribution in [1.29, 1.82) is 0 Å². The number of nitrogens with zero attached hydrogens (tertiary/aromatic N) is 3. The van der Waals surface area contributed by atoms with Crippen LogP contribution in [0.25, 0.3) is 11.1 Å². The van der Waals surface area contributed by atoms with E-state index in [-0.39, 0.29) is 24.2 Å². The zero-order chi connectivity index (χ0) is 24.9. The van der Waals surface area contributed by atoms with Crippen LogP contribution in [0.3, 0.4) is 0 Å². The Morgan fingerprint density at radius 1 is 1.26 bits per heavy atom. The number of hydrogen-bond acceptors (Lipinski definition) is 5. The highest BCUT2D eigenvalue weighted by Gasteiger charge is 2.33. The van der Waals surface area contributed by atoms with E-state index >= 15 is 4.39 Å². The minimum Gasteiger partial charge on any atom is -0.398 e. The number of hydrogen-bond donors (Lipinski definition) is 2. The summed E-state index contributed by atoms with van der Waals surface area (Å²) in [7, 11) is 1.65. The Bertz CT molecular complexity index is 1360. The highest BCUT2D eigenvalue weighted by molar-refractivity contribution is 5.98. The zero-order valence-corrected chi connectivity index (χ0v) is 20.2. The minimum absolute atomic E-state index is 0.116. The van der Waals surface area contributed by atoms with Crippen molar-refractivity contribution < 1.29 is 14.3 Å². The average Bonchev–Trinajstić information content (AvgIpc) is 3.60. The van der Waals surface area contributed by atoms with E-state index in [0.29, 0.717) is 40.0 Å². The molecule has 0 spiro atoms. The van der Waals surface area contributed by atoms with Crippen molar-refractivity contribution in [3.63, 3.8) is 0 Å². The summed E-state index contributed by atoms with van der Waals surface area (Å²) in [6.07, 6.45) is 5.31. The summed E-state index contributed by atoms with van der Waals surface area (Å²) >= 11 is 0. The molecule has 5 rings (SSSR count). The summed E-state index contributed by atoms with van der Waals surface area (Å²) in [6, 6.07) is 10.7. The van der Waals surface area contributed by atoms with Crippen LogP contribution in [-0.4, -0.2) is 34.2 Å². The molecule has 35 heavy (non-hydrogen) atoms. The molecule has 1 saturated carbocycles. The van der Waals surface area contributed by atoms with Gasteiger partial charge in [0.05, 0.1) is 23.4 Å². The second kappa shape index (κ2) is 8.57. The highest BCUT2D eigenvalue weighted by atomic mass is 19.1. The minimum atomic E-state index is -1.12. The fraction of sp³-hybridized carbons (Fsp3) is 0.321. The topological polar surface area (TPSA) is 91.8 Å². The van der Waals surface area contributed by atoms with Crippen molar-refractivity contribution in [3.8, 4) is 11.1 Å². The van der Waals surface area contributed by atoms with Crippen LogP contribution in [-0.2, 0) is 18.7 Å². The van der Waals surface area contributed by atoms with Gasteiger partial charge in [-0.1, -0.05) is 18.2 Å². The molecule has 1 fully saturated rings. The molecule has 2 aromatic carbocycles. The Labute approximate surface area is 204 Å². The van der Waals surface area contributed by atoms with E-state index in [0.717, 1.165) is 29.7 Å². The number of nitrogen functional groups attached to an aromatic ring is 1. The second-order valence-corrected chi connectivity index (χ2v) is 9.89. The molecular formula is C28H29FN4O2. The maximum Gasteiger partial charge on any atom is 0.256 e. The molecule has 3 N–H and O–H groups in total. The van der Waals surface area contributed by atoms with Crippen LogP contribution in [0.4, 0.5) is 10.1 Å². The first kappa shape index (κ1) is 23.2. The fourth-order valence-electron chi connectivity index (χ4n) is 4.93. The number of halogens is 1. The van der Waals surface area contributed by atoms with Gasteiger partial charge in [0, 0.05) is 48.4 Å². The second-order valence-electron chi connectivity index (χ2n) is 9.89. The van der Waals surface area contributed by atoms with Gasteiger partial charge in [-0.3, -0.25) is 14.8 Å². The summed E-state index contributed by atoms with van der Waals surface area (Å²) < 4.78 is 15.7. The fourth-order valence-corrected chi connectivity index (χ4v) is 4.93. The van der Waals surface area contributed by atoms with Gasteiger partial charge in [0.2, 0.25) is 0 Å². The van der Waals surface area contributed by atoms with Gasteiger partial charge in [-0.25, -0.2) is 4.39 Å². The number of rotatable bonds is 6. The third-order valence-corrected chi connectivity index (χ3v) is 6.86. The predicted octanol–water partition coefficient (Wildman–Crippen LogP) is 4.78. The first-order valence-electron chi connectivity index (χ1n) is 11.8. The van der Waals surface area contributed by atoms with E-state index in [1.54, 1.807) is 56.4 Å². The Hall–Kier alpha value is -3.58. The molecule has 0 bridgehead atoms. The van der Waals surface area contributed by atoms with Crippen molar-refractivity contribution in [3.05, 3.63) is 81.9 Å². The van der Waals surface area contributed by atoms with Crippen LogP contribution in [0.15, 0.2) is 47.6 Å². The molecular weight excluding hydrogens is 443 g/mol. The normalized spacial score (nSPS) is 15.8. The molecule has 7 heteroatoms. The molecule has 1 aliphatic carbocycles. The van der Waals surface area contributed by atoms with Crippen molar-refractivity contribution in [2.24, 2.45) is 4.99 Å². The third kappa shape index (κ3) is 4.21. The van der Waals surface area contributed by atoms with Crippen molar-refractivity contribution in [2.45, 2.75) is 51.3 Å². The molecule has 1 aromatic heterocycles. The zero-order valence-electron chi connectivity index (χ0n) is 20.2. The molecule has 0 saturated heterocycles. The number of aliphatic hydroxyl groups is 1. The lowest BCUT2D eigenvalue weighted by Gasteiger charge is -2.23. The molecule has 3 aromatic rings. The van der Waals surface area contributed by atoms with Crippen molar-refractivity contribution >= 4 is 17.8 Å². The SMILES string of the molecule is CN=Cc1c(-c2cc(F)c(CN3Cc4ncccc4C3=O)c(C3CC3)c2)ccc(C(C)(C)O)c1N. The van der Waals surface area contributed by atoms with E-state index in [4.69, 9.17) is 5.73 Å².